The number of hydrogen-bond donors (Lipinski definition) is 1. The van der Waals surface area contributed by atoms with Crippen molar-refractivity contribution in [3.8, 4) is 0 Å². The van der Waals surface area contributed by atoms with Gasteiger partial charge in [-0.15, -0.1) is 0 Å². The van der Waals surface area contributed by atoms with E-state index in [0.717, 1.165) is 38.3 Å². The second-order valence-corrected chi connectivity index (χ2v) is 7.10. The summed E-state index contributed by atoms with van der Waals surface area (Å²) in [6.45, 7) is 10.1. The molecule has 6 heteroatoms. The lowest BCUT2D eigenvalue weighted by molar-refractivity contribution is -0.121. The van der Waals surface area contributed by atoms with Crippen molar-refractivity contribution in [2.45, 2.75) is 39.7 Å². The number of piperazine rings is 1. The number of carbonyl (C=O) groups is 2. The van der Waals surface area contributed by atoms with Crippen molar-refractivity contribution >= 4 is 23.2 Å². The predicted octanol–water partition coefficient (Wildman–Crippen LogP) is 2.10. The number of likely N-dealkylation sites (N-methyl/N-ethyl adjacent to an activating group) is 1. The number of nitrogens with zero attached hydrogens (tertiary/aromatic N) is 3. The van der Waals surface area contributed by atoms with E-state index in [4.69, 9.17) is 0 Å². The molecule has 0 spiro atoms. The van der Waals surface area contributed by atoms with Crippen LogP contribution in [0.15, 0.2) is 24.3 Å². The summed E-state index contributed by atoms with van der Waals surface area (Å²) >= 11 is 0. The number of hydrogen-bond acceptors (Lipinski definition) is 4. The molecule has 1 fully saturated rings. The molecule has 1 aromatic carbocycles. The Kier molecular flexibility index (Phi) is 7.45. The van der Waals surface area contributed by atoms with Gasteiger partial charge in [-0.3, -0.25) is 9.59 Å². The fraction of sp³-hybridized carbons (Fsp3) is 0.600. The quantitative estimate of drug-likeness (QED) is 0.809. The first-order chi connectivity index (χ1) is 12.4. The van der Waals surface area contributed by atoms with Gasteiger partial charge in [0.05, 0.1) is 0 Å². The van der Waals surface area contributed by atoms with Gasteiger partial charge in [0, 0.05) is 63.5 Å². The normalized spacial score (nSPS) is 16.2. The van der Waals surface area contributed by atoms with Gasteiger partial charge in [0.2, 0.25) is 11.8 Å². The molecule has 0 saturated carbocycles. The zero-order chi connectivity index (χ0) is 19.1. The van der Waals surface area contributed by atoms with E-state index in [1.54, 1.807) is 11.8 Å². The van der Waals surface area contributed by atoms with Crippen molar-refractivity contribution < 1.29 is 9.59 Å². The van der Waals surface area contributed by atoms with Crippen LogP contribution in [0.1, 0.15) is 33.6 Å². The molecule has 2 amide bonds. The van der Waals surface area contributed by atoms with Gasteiger partial charge >= 0.3 is 0 Å². The number of nitrogens with one attached hydrogen (secondary N) is 1. The van der Waals surface area contributed by atoms with Crippen molar-refractivity contribution in [3.63, 3.8) is 0 Å². The van der Waals surface area contributed by atoms with Gasteiger partial charge in [-0.1, -0.05) is 6.92 Å². The second-order valence-electron chi connectivity index (χ2n) is 7.10. The Hall–Kier alpha value is -2.08. The minimum Gasteiger partial charge on any atom is -0.369 e. The Labute approximate surface area is 157 Å². The second kappa shape index (κ2) is 9.57. The average molecular weight is 361 g/mol. The molecule has 1 aliphatic heterocycles. The maximum Gasteiger partial charge on any atom is 0.223 e. The summed E-state index contributed by atoms with van der Waals surface area (Å²) in [7, 11) is 2.14. The Balaban J connectivity index is 1.96. The summed E-state index contributed by atoms with van der Waals surface area (Å²) < 4.78 is 0. The third-order valence-electron chi connectivity index (χ3n) is 4.99. The van der Waals surface area contributed by atoms with Crippen LogP contribution in [0.2, 0.25) is 0 Å². The molecular formula is C20H32N4O2. The summed E-state index contributed by atoms with van der Waals surface area (Å²) in [5.74, 6) is -0.0617. The first-order valence-electron chi connectivity index (χ1n) is 9.51. The van der Waals surface area contributed by atoms with Crippen LogP contribution in [-0.2, 0) is 9.59 Å². The lowest BCUT2D eigenvalue weighted by Crippen LogP contribution is -2.44. The summed E-state index contributed by atoms with van der Waals surface area (Å²) in [6.07, 6.45) is 1.21. The van der Waals surface area contributed by atoms with E-state index in [0.29, 0.717) is 13.0 Å². The molecule has 1 aliphatic rings. The smallest absolute Gasteiger partial charge is 0.223 e. The number of benzene rings is 1. The third-order valence-corrected chi connectivity index (χ3v) is 4.99. The molecule has 1 heterocycles. The van der Waals surface area contributed by atoms with Gasteiger partial charge in [-0.05, 0) is 44.7 Å². The van der Waals surface area contributed by atoms with E-state index in [9.17, 15) is 9.59 Å². The van der Waals surface area contributed by atoms with E-state index in [1.807, 2.05) is 26.0 Å². The fourth-order valence-electron chi connectivity index (χ4n) is 3.04. The lowest BCUT2D eigenvalue weighted by atomic mass is 10.2. The molecule has 0 bridgehead atoms. The fourth-order valence-corrected chi connectivity index (χ4v) is 3.04. The summed E-state index contributed by atoms with van der Waals surface area (Å²) in [5, 5.41) is 2.94. The minimum absolute atomic E-state index is 0.0142. The summed E-state index contributed by atoms with van der Waals surface area (Å²) in [4.78, 5) is 30.4. The Bertz CT molecular complexity index is 594. The van der Waals surface area contributed by atoms with Crippen LogP contribution in [0.5, 0.6) is 0 Å². The zero-order valence-electron chi connectivity index (χ0n) is 16.5. The third kappa shape index (κ3) is 5.73. The van der Waals surface area contributed by atoms with Gasteiger partial charge in [-0.2, -0.15) is 0 Å². The number of amides is 2. The van der Waals surface area contributed by atoms with E-state index < -0.39 is 0 Å². The van der Waals surface area contributed by atoms with Crippen LogP contribution in [0.3, 0.4) is 0 Å². The first kappa shape index (κ1) is 20.2. The number of carbonyl (C=O) groups excluding carboxylic acids is 2. The highest BCUT2D eigenvalue weighted by Gasteiger charge is 2.17. The molecule has 1 unspecified atom stereocenters. The first-order valence-corrected chi connectivity index (χ1v) is 9.51. The van der Waals surface area contributed by atoms with Crippen LogP contribution < -0.4 is 15.1 Å². The molecule has 1 atom stereocenters. The van der Waals surface area contributed by atoms with E-state index in [-0.39, 0.29) is 17.9 Å². The Morgan fingerprint density at radius 3 is 2.31 bits per heavy atom. The highest BCUT2D eigenvalue weighted by Crippen LogP contribution is 2.22. The molecule has 1 aromatic rings. The van der Waals surface area contributed by atoms with E-state index >= 15 is 0 Å². The van der Waals surface area contributed by atoms with Gasteiger partial charge < -0.3 is 20.0 Å². The van der Waals surface area contributed by atoms with Crippen molar-refractivity contribution in [1.82, 2.24) is 10.2 Å². The highest BCUT2D eigenvalue weighted by atomic mass is 16.2. The molecule has 144 valence electrons. The summed E-state index contributed by atoms with van der Waals surface area (Å²) in [5.41, 5.74) is 2.02. The van der Waals surface area contributed by atoms with Gasteiger partial charge in [0.25, 0.3) is 0 Å². The molecule has 2 rings (SSSR count). The zero-order valence-corrected chi connectivity index (χ0v) is 16.5. The van der Waals surface area contributed by atoms with Crippen molar-refractivity contribution in [3.05, 3.63) is 24.3 Å². The minimum atomic E-state index is -0.0475. The molecule has 1 N–H and O–H groups in total. The molecule has 0 aliphatic carbocycles. The largest absolute Gasteiger partial charge is 0.369 e. The van der Waals surface area contributed by atoms with Gasteiger partial charge in [0.1, 0.15) is 0 Å². The molecule has 6 nitrogen and oxygen atoms in total. The molecule has 26 heavy (non-hydrogen) atoms. The number of rotatable bonds is 7. The number of anilines is 2. The maximum absolute atomic E-state index is 12.0. The van der Waals surface area contributed by atoms with Gasteiger partial charge in [0.15, 0.2) is 0 Å². The lowest BCUT2D eigenvalue weighted by Gasteiger charge is -2.34. The topological polar surface area (TPSA) is 55.9 Å². The SMILES string of the molecule is CCC(C)NC(=O)CCN(C(C)=O)c1ccc(N2CCN(C)CC2)cc1. The monoisotopic (exact) mass is 360 g/mol. The van der Waals surface area contributed by atoms with Crippen LogP contribution in [-0.4, -0.2) is 62.5 Å². The van der Waals surface area contributed by atoms with Crippen molar-refractivity contribution in [2.75, 3.05) is 49.6 Å². The van der Waals surface area contributed by atoms with Crippen LogP contribution in [0, 0.1) is 0 Å². The Morgan fingerprint density at radius 1 is 1.15 bits per heavy atom. The standard InChI is InChI=1S/C20H32N4O2/c1-5-16(2)21-20(26)10-11-24(17(3)25)19-8-6-18(7-9-19)23-14-12-22(4)13-15-23/h6-9,16H,5,10-15H2,1-4H3,(H,21,26). The van der Waals surface area contributed by atoms with Crippen molar-refractivity contribution in [2.24, 2.45) is 0 Å². The average Bonchev–Trinajstić information content (AvgIpc) is 2.62. The van der Waals surface area contributed by atoms with Crippen LogP contribution in [0.25, 0.3) is 0 Å². The van der Waals surface area contributed by atoms with Crippen LogP contribution in [0.4, 0.5) is 11.4 Å². The van der Waals surface area contributed by atoms with Crippen LogP contribution >= 0.6 is 0 Å². The molecular weight excluding hydrogens is 328 g/mol. The molecule has 1 saturated heterocycles. The van der Waals surface area contributed by atoms with E-state index in [2.05, 4.69) is 34.3 Å². The highest BCUT2D eigenvalue weighted by molar-refractivity contribution is 5.92. The molecule has 0 radical (unpaired) electrons. The van der Waals surface area contributed by atoms with Gasteiger partial charge in [-0.25, -0.2) is 0 Å². The summed E-state index contributed by atoms with van der Waals surface area (Å²) in [6, 6.07) is 8.24. The Morgan fingerprint density at radius 2 is 1.77 bits per heavy atom. The van der Waals surface area contributed by atoms with E-state index in [1.165, 1.54) is 5.69 Å². The van der Waals surface area contributed by atoms with Crippen molar-refractivity contribution in [1.29, 1.82) is 0 Å². The predicted molar refractivity (Wildman–Crippen MR) is 107 cm³/mol. The molecule has 0 aromatic heterocycles. The maximum atomic E-state index is 12.0.